The monoisotopic (exact) mass is 370 g/mol. The number of nitrogens with one attached hydrogen (secondary N) is 2. The number of carbonyl (C=O) groups is 3. The van der Waals surface area contributed by atoms with Crippen LogP contribution in [-0.4, -0.2) is 28.6 Å². The van der Waals surface area contributed by atoms with Gasteiger partial charge in [-0.15, -0.1) is 11.8 Å². The van der Waals surface area contributed by atoms with Crippen molar-refractivity contribution in [3.8, 4) is 0 Å². The van der Waals surface area contributed by atoms with E-state index in [0.717, 1.165) is 11.3 Å². The predicted octanol–water partition coefficient (Wildman–Crippen LogP) is 3.90. The second-order valence-corrected chi connectivity index (χ2v) is 7.32. The third kappa shape index (κ3) is 6.04. The first-order valence-corrected chi connectivity index (χ1v) is 9.30. The molecule has 0 aliphatic rings. The van der Waals surface area contributed by atoms with Gasteiger partial charge in [-0.3, -0.25) is 14.4 Å². The maximum absolute atomic E-state index is 12.3. The molecule has 0 unspecified atom stereocenters. The van der Waals surface area contributed by atoms with Gasteiger partial charge in [0.15, 0.2) is 5.78 Å². The lowest BCUT2D eigenvalue weighted by Crippen LogP contribution is -2.25. The number of benzene rings is 2. The van der Waals surface area contributed by atoms with Crippen molar-refractivity contribution in [2.24, 2.45) is 0 Å². The van der Waals surface area contributed by atoms with Gasteiger partial charge in [0.05, 0.1) is 11.0 Å². The number of rotatable bonds is 7. The van der Waals surface area contributed by atoms with Crippen LogP contribution >= 0.6 is 11.8 Å². The van der Waals surface area contributed by atoms with E-state index in [-0.39, 0.29) is 23.4 Å². The highest BCUT2D eigenvalue weighted by Gasteiger charge is 2.16. The van der Waals surface area contributed by atoms with E-state index in [1.54, 1.807) is 31.2 Å². The number of hydrogen-bond donors (Lipinski definition) is 2. The quantitative estimate of drug-likeness (QED) is 0.725. The third-order valence-corrected chi connectivity index (χ3v) is 4.85. The van der Waals surface area contributed by atoms with Crippen LogP contribution in [0.5, 0.6) is 0 Å². The van der Waals surface area contributed by atoms with Crippen LogP contribution in [0.1, 0.15) is 29.8 Å². The highest BCUT2D eigenvalue weighted by molar-refractivity contribution is 8.01. The Kier molecular flexibility index (Phi) is 6.97. The van der Waals surface area contributed by atoms with Crippen molar-refractivity contribution < 1.29 is 14.4 Å². The molecule has 26 heavy (non-hydrogen) atoms. The fourth-order valence-electron chi connectivity index (χ4n) is 2.17. The average Bonchev–Trinajstić information content (AvgIpc) is 2.61. The highest BCUT2D eigenvalue weighted by Crippen LogP contribution is 2.17. The molecule has 0 heterocycles. The van der Waals surface area contributed by atoms with Crippen LogP contribution in [0.3, 0.4) is 0 Å². The van der Waals surface area contributed by atoms with E-state index in [2.05, 4.69) is 10.6 Å². The van der Waals surface area contributed by atoms with Crippen molar-refractivity contribution >= 4 is 40.7 Å². The normalized spacial score (nSPS) is 11.5. The van der Waals surface area contributed by atoms with Gasteiger partial charge in [0, 0.05) is 16.9 Å². The van der Waals surface area contributed by atoms with E-state index in [0.29, 0.717) is 11.3 Å². The van der Waals surface area contributed by atoms with Crippen molar-refractivity contribution in [3.05, 3.63) is 59.7 Å². The van der Waals surface area contributed by atoms with Crippen LogP contribution in [0.2, 0.25) is 0 Å². The van der Waals surface area contributed by atoms with E-state index in [1.807, 2.05) is 31.2 Å². The molecule has 5 nitrogen and oxygen atoms in total. The van der Waals surface area contributed by atoms with Crippen LogP contribution in [0.4, 0.5) is 11.4 Å². The Balaban J connectivity index is 1.83. The van der Waals surface area contributed by atoms with Gasteiger partial charge in [0.2, 0.25) is 11.8 Å². The Morgan fingerprint density at radius 2 is 1.69 bits per heavy atom. The standard InChI is InChI=1S/C20H22N2O3S/c1-13-7-9-17(10-8-13)21-19(24)12-26-15(3)20(25)22-18-6-4-5-16(11-18)14(2)23/h4-11,15H,12H2,1-3H3,(H,21,24)(H,22,25)/t15-/m1/s1. The fraction of sp³-hybridized carbons (Fsp3) is 0.250. The van der Waals surface area contributed by atoms with Crippen LogP contribution in [0.15, 0.2) is 48.5 Å². The van der Waals surface area contributed by atoms with Gasteiger partial charge < -0.3 is 10.6 Å². The minimum atomic E-state index is -0.403. The molecule has 2 N–H and O–H groups in total. The zero-order chi connectivity index (χ0) is 19.1. The Labute approximate surface area is 157 Å². The summed E-state index contributed by atoms with van der Waals surface area (Å²) in [5.41, 5.74) is 2.97. The predicted molar refractivity (Wildman–Crippen MR) is 107 cm³/mol. The zero-order valence-corrected chi connectivity index (χ0v) is 15.9. The van der Waals surface area contributed by atoms with Gasteiger partial charge in [0.1, 0.15) is 0 Å². The average molecular weight is 370 g/mol. The highest BCUT2D eigenvalue weighted by atomic mass is 32.2. The Bertz CT molecular complexity index is 803. The molecule has 1 atom stereocenters. The smallest absolute Gasteiger partial charge is 0.237 e. The van der Waals surface area contributed by atoms with Crippen LogP contribution in [0, 0.1) is 6.92 Å². The van der Waals surface area contributed by atoms with E-state index < -0.39 is 5.25 Å². The topological polar surface area (TPSA) is 75.3 Å². The third-order valence-electron chi connectivity index (χ3n) is 3.71. The molecule has 0 spiro atoms. The van der Waals surface area contributed by atoms with Gasteiger partial charge in [-0.1, -0.05) is 29.8 Å². The number of hydrogen-bond acceptors (Lipinski definition) is 4. The maximum Gasteiger partial charge on any atom is 0.237 e. The van der Waals surface area contributed by atoms with Gasteiger partial charge in [0.25, 0.3) is 0 Å². The van der Waals surface area contributed by atoms with Crippen LogP contribution in [0.25, 0.3) is 0 Å². The molecule has 136 valence electrons. The molecule has 0 saturated carbocycles. The summed E-state index contributed by atoms with van der Waals surface area (Å²) in [4.78, 5) is 35.7. The Hall–Kier alpha value is -2.60. The van der Waals surface area contributed by atoms with Crippen molar-refractivity contribution in [1.82, 2.24) is 0 Å². The van der Waals surface area contributed by atoms with E-state index in [9.17, 15) is 14.4 Å². The molecule has 0 aromatic heterocycles. The molecule has 6 heteroatoms. The first kappa shape index (κ1) is 19.7. The minimum Gasteiger partial charge on any atom is -0.325 e. The molecule has 0 bridgehead atoms. The number of Topliss-reactive ketones (excluding diaryl/α,β-unsaturated/α-hetero) is 1. The lowest BCUT2D eigenvalue weighted by atomic mass is 10.1. The molecule has 0 aliphatic heterocycles. The van der Waals surface area contributed by atoms with Crippen molar-refractivity contribution in [2.75, 3.05) is 16.4 Å². The van der Waals surface area contributed by atoms with Gasteiger partial charge in [-0.25, -0.2) is 0 Å². The summed E-state index contributed by atoms with van der Waals surface area (Å²) in [5, 5.41) is 5.17. The minimum absolute atomic E-state index is 0.0590. The van der Waals surface area contributed by atoms with Gasteiger partial charge in [-0.2, -0.15) is 0 Å². The van der Waals surface area contributed by atoms with Crippen molar-refractivity contribution in [2.45, 2.75) is 26.0 Å². The van der Waals surface area contributed by atoms with E-state index in [4.69, 9.17) is 0 Å². The number of amides is 2. The first-order valence-electron chi connectivity index (χ1n) is 8.25. The summed E-state index contributed by atoms with van der Waals surface area (Å²) < 4.78 is 0. The fourth-order valence-corrected chi connectivity index (χ4v) is 2.85. The summed E-state index contributed by atoms with van der Waals surface area (Å²) in [6, 6.07) is 14.3. The second kappa shape index (κ2) is 9.20. The SMILES string of the molecule is CC(=O)c1cccc(NC(=O)[C@@H](C)SCC(=O)Nc2ccc(C)cc2)c1. The number of carbonyl (C=O) groups excluding carboxylic acids is 3. The molecule has 2 aromatic carbocycles. The molecule has 2 aromatic rings. The molecule has 0 fully saturated rings. The summed E-state index contributed by atoms with van der Waals surface area (Å²) in [6.45, 7) is 5.20. The molecular formula is C20H22N2O3S. The Morgan fingerprint density at radius 1 is 1.00 bits per heavy atom. The van der Waals surface area contributed by atoms with Crippen LogP contribution in [-0.2, 0) is 9.59 Å². The maximum atomic E-state index is 12.3. The number of ketones is 1. The molecule has 2 rings (SSSR count). The zero-order valence-electron chi connectivity index (χ0n) is 15.0. The summed E-state index contributed by atoms with van der Waals surface area (Å²) in [7, 11) is 0. The lowest BCUT2D eigenvalue weighted by molar-refractivity contribution is -0.115. The molecular weight excluding hydrogens is 348 g/mol. The molecule has 0 aliphatic carbocycles. The first-order chi connectivity index (χ1) is 12.3. The second-order valence-electron chi connectivity index (χ2n) is 5.99. The van der Waals surface area contributed by atoms with E-state index >= 15 is 0 Å². The van der Waals surface area contributed by atoms with Crippen molar-refractivity contribution in [1.29, 1.82) is 0 Å². The van der Waals surface area contributed by atoms with Gasteiger partial charge in [-0.05, 0) is 45.0 Å². The van der Waals surface area contributed by atoms with Gasteiger partial charge >= 0.3 is 0 Å². The number of aryl methyl sites for hydroxylation is 1. The molecule has 0 saturated heterocycles. The summed E-state index contributed by atoms with van der Waals surface area (Å²) >= 11 is 1.25. The van der Waals surface area contributed by atoms with Crippen molar-refractivity contribution in [3.63, 3.8) is 0 Å². The largest absolute Gasteiger partial charge is 0.325 e. The van der Waals surface area contributed by atoms with Crippen LogP contribution < -0.4 is 10.6 Å². The molecule has 0 radical (unpaired) electrons. The summed E-state index contributed by atoms with van der Waals surface area (Å²) in [6.07, 6.45) is 0. The van der Waals surface area contributed by atoms with E-state index in [1.165, 1.54) is 18.7 Å². The Morgan fingerprint density at radius 3 is 2.35 bits per heavy atom. The number of thioether (sulfide) groups is 1. The number of anilines is 2. The molecule has 2 amide bonds. The summed E-state index contributed by atoms with van der Waals surface area (Å²) in [5.74, 6) is -0.247. The lowest BCUT2D eigenvalue weighted by Gasteiger charge is -2.12.